The lowest BCUT2D eigenvalue weighted by molar-refractivity contribution is -0.156. The fourth-order valence-electron chi connectivity index (χ4n) is 4.15. The van der Waals surface area contributed by atoms with Crippen molar-refractivity contribution in [3.8, 4) is 0 Å². The number of ketones is 1. The van der Waals surface area contributed by atoms with Crippen molar-refractivity contribution < 1.29 is 4.79 Å². The summed E-state index contributed by atoms with van der Waals surface area (Å²) in [5.41, 5.74) is 0.758. The molecule has 0 aliphatic heterocycles. The SMILES string of the molecule is O=C1CCC[C@]23CCC[C@]12CC3. The van der Waals surface area contributed by atoms with Gasteiger partial charge in [0.05, 0.1) is 0 Å². The topological polar surface area (TPSA) is 17.1 Å². The average molecular weight is 164 g/mol. The highest BCUT2D eigenvalue weighted by atomic mass is 16.1. The summed E-state index contributed by atoms with van der Waals surface area (Å²) in [6, 6.07) is 0. The van der Waals surface area contributed by atoms with E-state index in [1.165, 1.54) is 44.9 Å². The molecule has 12 heavy (non-hydrogen) atoms. The van der Waals surface area contributed by atoms with Gasteiger partial charge in [-0.1, -0.05) is 6.42 Å². The summed E-state index contributed by atoms with van der Waals surface area (Å²) in [4.78, 5) is 11.9. The molecule has 1 nitrogen and oxygen atoms in total. The Morgan fingerprint density at radius 3 is 2.42 bits per heavy atom. The van der Waals surface area contributed by atoms with Crippen LogP contribution in [0.25, 0.3) is 0 Å². The predicted octanol–water partition coefficient (Wildman–Crippen LogP) is 2.69. The first kappa shape index (κ1) is 7.11. The summed E-state index contributed by atoms with van der Waals surface area (Å²) in [6.07, 6.45) is 9.93. The average Bonchev–Trinajstić information content (AvgIpc) is 2.31. The first-order valence-corrected chi connectivity index (χ1v) is 5.33. The minimum Gasteiger partial charge on any atom is -0.299 e. The molecule has 66 valence electrons. The zero-order chi connectivity index (χ0) is 8.23. The Bertz CT molecular complexity index is 245. The van der Waals surface area contributed by atoms with Crippen molar-refractivity contribution in [2.24, 2.45) is 10.8 Å². The molecule has 3 saturated carbocycles. The summed E-state index contributed by atoms with van der Waals surface area (Å²) >= 11 is 0. The third kappa shape index (κ3) is 0.541. The quantitative estimate of drug-likeness (QED) is 0.538. The van der Waals surface area contributed by atoms with Crippen molar-refractivity contribution >= 4 is 5.78 Å². The van der Waals surface area contributed by atoms with Crippen molar-refractivity contribution in [1.29, 1.82) is 0 Å². The summed E-state index contributed by atoms with van der Waals surface area (Å²) in [6.45, 7) is 0. The molecule has 0 aromatic heterocycles. The Kier molecular flexibility index (Phi) is 1.15. The van der Waals surface area contributed by atoms with Crippen LogP contribution in [0.15, 0.2) is 0 Å². The third-order valence-electron chi connectivity index (χ3n) is 4.90. The van der Waals surface area contributed by atoms with Crippen LogP contribution in [0.4, 0.5) is 0 Å². The molecule has 3 aliphatic rings. The van der Waals surface area contributed by atoms with Gasteiger partial charge in [-0.05, 0) is 43.9 Å². The lowest BCUT2D eigenvalue weighted by atomic mass is 9.45. The molecule has 0 N–H and O–H groups in total. The highest BCUT2D eigenvalue weighted by Gasteiger charge is 2.65. The highest BCUT2D eigenvalue weighted by molar-refractivity contribution is 5.88. The first-order valence-electron chi connectivity index (χ1n) is 5.33. The van der Waals surface area contributed by atoms with Crippen LogP contribution in [0.3, 0.4) is 0 Å². The Morgan fingerprint density at radius 2 is 1.75 bits per heavy atom. The van der Waals surface area contributed by atoms with Gasteiger partial charge in [0, 0.05) is 11.8 Å². The van der Waals surface area contributed by atoms with Crippen LogP contribution in [0, 0.1) is 10.8 Å². The predicted molar refractivity (Wildman–Crippen MR) is 46.8 cm³/mol. The second-order valence-corrected chi connectivity index (χ2v) is 4.99. The van der Waals surface area contributed by atoms with Crippen LogP contribution < -0.4 is 0 Å². The van der Waals surface area contributed by atoms with Crippen molar-refractivity contribution in [2.45, 2.75) is 51.4 Å². The van der Waals surface area contributed by atoms with E-state index < -0.39 is 0 Å². The Morgan fingerprint density at radius 1 is 0.917 bits per heavy atom. The molecule has 0 aromatic carbocycles. The lowest BCUT2D eigenvalue weighted by Crippen LogP contribution is -2.54. The Hall–Kier alpha value is -0.330. The first-order chi connectivity index (χ1) is 5.79. The van der Waals surface area contributed by atoms with Gasteiger partial charge in [-0.15, -0.1) is 0 Å². The van der Waals surface area contributed by atoms with E-state index in [0.29, 0.717) is 11.2 Å². The molecule has 0 heterocycles. The third-order valence-corrected chi connectivity index (χ3v) is 4.90. The van der Waals surface area contributed by atoms with Gasteiger partial charge < -0.3 is 0 Å². The number of rotatable bonds is 0. The van der Waals surface area contributed by atoms with E-state index in [1.54, 1.807) is 0 Å². The number of carbonyl (C=O) groups excluding carboxylic acids is 1. The molecule has 0 spiro atoms. The summed E-state index contributed by atoms with van der Waals surface area (Å²) in [7, 11) is 0. The standard InChI is InChI=1S/C11H16O/c12-9-3-1-4-10-5-2-6-11(9,10)8-7-10/h1-8H2/t10-,11+/m1/s1. The molecule has 0 bridgehead atoms. The molecular formula is C11H16O. The molecule has 2 atom stereocenters. The molecule has 0 saturated heterocycles. The molecule has 1 heteroatoms. The Balaban J connectivity index is 2.05. The normalized spacial score (nSPS) is 51.2. The second-order valence-electron chi connectivity index (χ2n) is 4.99. The summed E-state index contributed by atoms with van der Waals surface area (Å²) in [5.74, 6) is 0.623. The van der Waals surface area contributed by atoms with Gasteiger partial charge in [0.25, 0.3) is 0 Å². The maximum absolute atomic E-state index is 11.9. The molecule has 3 fully saturated rings. The van der Waals surface area contributed by atoms with Gasteiger partial charge in [-0.2, -0.15) is 0 Å². The number of Topliss-reactive ketones (excluding diaryl/α,β-unsaturated/α-hetero) is 1. The van der Waals surface area contributed by atoms with Crippen LogP contribution in [-0.2, 0) is 4.79 Å². The van der Waals surface area contributed by atoms with Gasteiger partial charge in [0.1, 0.15) is 5.78 Å². The number of carbonyl (C=O) groups is 1. The molecule has 0 aromatic rings. The zero-order valence-electron chi connectivity index (χ0n) is 7.57. The maximum atomic E-state index is 11.9. The van der Waals surface area contributed by atoms with Gasteiger partial charge in [-0.3, -0.25) is 4.79 Å². The zero-order valence-corrected chi connectivity index (χ0v) is 7.57. The van der Waals surface area contributed by atoms with E-state index in [4.69, 9.17) is 0 Å². The van der Waals surface area contributed by atoms with Crippen LogP contribution in [0.1, 0.15) is 51.4 Å². The van der Waals surface area contributed by atoms with Gasteiger partial charge in [0.2, 0.25) is 0 Å². The van der Waals surface area contributed by atoms with Gasteiger partial charge in [-0.25, -0.2) is 0 Å². The van der Waals surface area contributed by atoms with Gasteiger partial charge in [0.15, 0.2) is 0 Å². The smallest absolute Gasteiger partial charge is 0.139 e. The van der Waals surface area contributed by atoms with E-state index in [1.807, 2.05) is 0 Å². The van der Waals surface area contributed by atoms with Crippen LogP contribution in [0.2, 0.25) is 0 Å². The van der Waals surface area contributed by atoms with E-state index in [0.717, 1.165) is 6.42 Å². The van der Waals surface area contributed by atoms with Crippen LogP contribution in [-0.4, -0.2) is 5.78 Å². The summed E-state index contributed by atoms with van der Waals surface area (Å²) < 4.78 is 0. The molecule has 0 unspecified atom stereocenters. The lowest BCUT2D eigenvalue weighted by Gasteiger charge is -2.57. The molecular weight excluding hydrogens is 148 g/mol. The van der Waals surface area contributed by atoms with E-state index >= 15 is 0 Å². The van der Waals surface area contributed by atoms with Crippen molar-refractivity contribution in [2.75, 3.05) is 0 Å². The number of hydrogen-bond acceptors (Lipinski definition) is 1. The number of hydrogen-bond donors (Lipinski definition) is 0. The minimum atomic E-state index is 0.227. The monoisotopic (exact) mass is 164 g/mol. The van der Waals surface area contributed by atoms with E-state index in [2.05, 4.69) is 0 Å². The molecule has 3 rings (SSSR count). The van der Waals surface area contributed by atoms with Crippen molar-refractivity contribution in [3.63, 3.8) is 0 Å². The fourth-order valence-corrected chi connectivity index (χ4v) is 4.15. The minimum absolute atomic E-state index is 0.227. The van der Waals surface area contributed by atoms with E-state index in [9.17, 15) is 4.79 Å². The van der Waals surface area contributed by atoms with Crippen LogP contribution >= 0.6 is 0 Å². The molecule has 3 aliphatic carbocycles. The molecule has 0 amide bonds. The Labute approximate surface area is 73.5 Å². The van der Waals surface area contributed by atoms with E-state index in [-0.39, 0.29) is 5.41 Å². The largest absolute Gasteiger partial charge is 0.299 e. The van der Waals surface area contributed by atoms with Gasteiger partial charge >= 0.3 is 0 Å². The summed E-state index contributed by atoms with van der Waals surface area (Å²) in [5, 5.41) is 0. The second kappa shape index (κ2) is 1.94. The highest BCUT2D eigenvalue weighted by Crippen LogP contribution is 2.71. The van der Waals surface area contributed by atoms with Crippen molar-refractivity contribution in [3.05, 3.63) is 0 Å². The van der Waals surface area contributed by atoms with Crippen LogP contribution in [0.5, 0.6) is 0 Å². The fraction of sp³-hybridized carbons (Fsp3) is 0.909. The van der Waals surface area contributed by atoms with Crippen molar-refractivity contribution in [1.82, 2.24) is 0 Å². The maximum Gasteiger partial charge on any atom is 0.139 e. The molecule has 0 radical (unpaired) electrons.